The van der Waals surface area contributed by atoms with Gasteiger partial charge < -0.3 is 14.6 Å². The van der Waals surface area contributed by atoms with Gasteiger partial charge in [0.1, 0.15) is 5.78 Å². The first kappa shape index (κ1) is 31.9. The number of Topliss-reactive ketones (excluding diaryl/α,β-unsaturated/α-hetero) is 1. The molecule has 4 saturated carbocycles. The Labute approximate surface area is 269 Å². The lowest BCUT2D eigenvalue weighted by Gasteiger charge is -2.61. The molecule has 2 N–H and O–H groups in total. The maximum atomic E-state index is 13.1. The quantitative estimate of drug-likeness (QED) is 0.271. The largest absolute Gasteiger partial charge is 0.481 e. The van der Waals surface area contributed by atoms with Crippen molar-refractivity contribution in [2.45, 2.75) is 77.7 Å². The summed E-state index contributed by atoms with van der Waals surface area (Å²) in [5.74, 6) is 1.82. The molecule has 3 aromatic carbocycles. The van der Waals surface area contributed by atoms with Gasteiger partial charge in [-0.2, -0.15) is 0 Å². The van der Waals surface area contributed by atoms with Crippen molar-refractivity contribution in [1.29, 1.82) is 0 Å². The van der Waals surface area contributed by atoms with Crippen LogP contribution in [-0.4, -0.2) is 43.0 Å². The van der Waals surface area contributed by atoms with E-state index in [4.69, 9.17) is 14.3 Å². The molecule has 7 rings (SSSR count). The van der Waals surface area contributed by atoms with Gasteiger partial charge >= 0.3 is 0 Å². The van der Waals surface area contributed by atoms with Gasteiger partial charge in [0.15, 0.2) is 0 Å². The van der Waals surface area contributed by atoms with Crippen molar-refractivity contribution in [2.75, 3.05) is 6.61 Å². The number of benzene rings is 3. The van der Waals surface area contributed by atoms with Crippen molar-refractivity contribution in [3.05, 3.63) is 91.0 Å². The van der Waals surface area contributed by atoms with Crippen LogP contribution >= 0.6 is 0 Å². The third kappa shape index (κ3) is 5.75. The second kappa shape index (κ2) is 13.0. The number of carboxylic acids is 1. The second-order valence-electron chi connectivity index (χ2n) is 14.3. The molecule has 1 unspecified atom stereocenters. The van der Waals surface area contributed by atoms with E-state index >= 15 is 0 Å². The molecule has 3 aromatic rings. The summed E-state index contributed by atoms with van der Waals surface area (Å²) in [4.78, 5) is 22.1. The average Bonchev–Trinajstić information content (AvgIpc) is 3.36. The van der Waals surface area contributed by atoms with E-state index < -0.39 is 14.3 Å². The molecule has 4 aliphatic carbocycles. The number of carbonyl (C=O) groups is 2. The number of hydrogen-bond acceptors (Lipinski definition) is 4. The second-order valence-corrected chi connectivity index (χ2v) is 17.7. The number of aliphatic carboxylic acids is 1. The predicted octanol–water partition coefficient (Wildman–Crippen LogP) is 5.71. The number of aliphatic hydroxyl groups excluding tert-OH is 1. The number of carbonyl (C=O) groups excluding carboxylic acids is 1. The van der Waals surface area contributed by atoms with Gasteiger partial charge in [-0.3, -0.25) is 9.59 Å². The fourth-order valence-corrected chi connectivity index (χ4v) is 14.1. The summed E-state index contributed by atoms with van der Waals surface area (Å²) in [7, 11) is -2.83. The Balaban J connectivity index is 0.000000845. The van der Waals surface area contributed by atoms with Crippen LogP contribution in [0.5, 0.6) is 0 Å². The Hall–Kier alpha value is -3.06. The molecule has 6 heteroatoms. The smallest absolute Gasteiger partial charge is 0.300 e. The van der Waals surface area contributed by atoms with Crippen molar-refractivity contribution >= 4 is 35.6 Å². The van der Waals surface area contributed by atoms with Crippen molar-refractivity contribution in [3.63, 3.8) is 0 Å². The minimum atomic E-state index is -2.83. The molecule has 5 nitrogen and oxygen atoms in total. The topological polar surface area (TPSA) is 83.8 Å². The first-order valence-corrected chi connectivity index (χ1v) is 18.8. The summed E-state index contributed by atoms with van der Waals surface area (Å²) in [5, 5.41) is 22.1. The Morgan fingerprint density at radius 3 is 1.87 bits per heavy atom. The Morgan fingerprint density at radius 2 is 1.33 bits per heavy atom. The highest BCUT2D eigenvalue weighted by Crippen LogP contribution is 2.65. The number of carboxylic acid groups (broad SMARTS) is 1. The molecule has 0 spiro atoms. The first-order valence-electron chi connectivity index (χ1n) is 16.9. The molecule has 0 bridgehead atoms. The lowest BCUT2D eigenvalue weighted by Crippen LogP contribution is -2.70. The zero-order chi connectivity index (χ0) is 31.7. The van der Waals surface area contributed by atoms with Crippen LogP contribution in [0, 0.1) is 34.5 Å². The average molecular weight is 625 g/mol. The maximum Gasteiger partial charge on any atom is 0.300 e. The van der Waals surface area contributed by atoms with Gasteiger partial charge in [0.05, 0.1) is 6.10 Å². The molecule has 4 aliphatic rings. The van der Waals surface area contributed by atoms with Gasteiger partial charge in [-0.1, -0.05) is 97.9 Å². The van der Waals surface area contributed by atoms with Crippen LogP contribution in [0.1, 0.15) is 71.6 Å². The fraction of sp³-hybridized carbons (Fsp3) is 0.487. The zero-order valence-electron chi connectivity index (χ0n) is 26.7. The van der Waals surface area contributed by atoms with Crippen molar-refractivity contribution in [1.82, 2.24) is 0 Å². The van der Waals surface area contributed by atoms with Gasteiger partial charge in [-0.15, -0.1) is 0 Å². The van der Waals surface area contributed by atoms with Crippen LogP contribution in [-0.2, 0) is 14.0 Å². The minimum absolute atomic E-state index is 0.0473. The van der Waals surface area contributed by atoms with E-state index in [1.807, 2.05) is 0 Å². The molecular formula is C39H48O5Si. The highest BCUT2D eigenvalue weighted by Gasteiger charge is 2.62. The lowest BCUT2D eigenvalue weighted by atomic mass is 9.45. The summed E-state index contributed by atoms with van der Waals surface area (Å²) in [6, 6.07) is 32.8. The van der Waals surface area contributed by atoms with Gasteiger partial charge in [0.25, 0.3) is 14.3 Å². The summed E-state index contributed by atoms with van der Waals surface area (Å²) in [6.07, 6.45) is 8.91. The molecule has 238 valence electrons. The molecule has 0 aliphatic heterocycles. The Morgan fingerprint density at radius 1 is 0.800 bits per heavy atom. The molecule has 0 aromatic heterocycles. The van der Waals surface area contributed by atoms with Crippen LogP contribution < -0.4 is 15.6 Å². The van der Waals surface area contributed by atoms with Crippen LogP contribution in [0.4, 0.5) is 0 Å². The van der Waals surface area contributed by atoms with Crippen molar-refractivity contribution in [2.24, 2.45) is 34.5 Å². The zero-order valence-corrected chi connectivity index (χ0v) is 27.7. The molecule has 45 heavy (non-hydrogen) atoms. The maximum absolute atomic E-state index is 13.1. The SMILES string of the molecule is CC(=O)O.C[C@]12CC[C@H]3[C@@H](CC[C@H]4CC(O)CC[C@@]43CO[Si](c3ccccc3)(c3ccccc3)c3ccccc3)[C@@H]1CCC2=O. The van der Waals surface area contributed by atoms with Crippen LogP contribution in [0.25, 0.3) is 0 Å². The van der Waals surface area contributed by atoms with Gasteiger partial charge in [-0.05, 0) is 96.0 Å². The Bertz CT molecular complexity index is 1360. The summed E-state index contributed by atoms with van der Waals surface area (Å²) >= 11 is 0. The van der Waals surface area contributed by atoms with E-state index in [2.05, 4.69) is 97.9 Å². The van der Waals surface area contributed by atoms with Gasteiger partial charge in [0, 0.05) is 25.4 Å². The number of ketones is 1. The minimum Gasteiger partial charge on any atom is -0.481 e. The molecule has 4 fully saturated rings. The standard InChI is InChI=1S/C37H44O3Si.C2H4O2/c1-36-23-22-34-32(33(36)19-20-35(36)39)18-17-27-25-28(38)21-24-37(27,34)26-40-41(29-11-5-2-6-12-29,30-13-7-3-8-14-30)31-15-9-4-10-16-31;1-2(3)4/h2-16,27-28,32-34,38H,17-26H2,1H3;1H3,(H,3,4)/t27-,28?,32-,33-,34-,36-,37+;/m0./s1. The summed E-state index contributed by atoms with van der Waals surface area (Å²) in [6.45, 7) is 4.09. The Kier molecular flexibility index (Phi) is 9.20. The third-order valence-electron chi connectivity index (χ3n) is 12.1. The van der Waals surface area contributed by atoms with Gasteiger partial charge in [-0.25, -0.2) is 0 Å². The number of fused-ring (bicyclic) bond motifs is 5. The van der Waals surface area contributed by atoms with E-state index in [0.717, 1.165) is 64.9 Å². The summed E-state index contributed by atoms with van der Waals surface area (Å²) in [5.41, 5.74) is -0.0768. The van der Waals surface area contributed by atoms with Crippen LogP contribution in [0.15, 0.2) is 91.0 Å². The molecular weight excluding hydrogens is 577 g/mol. The van der Waals surface area contributed by atoms with Gasteiger partial charge in [0.2, 0.25) is 0 Å². The molecule has 0 heterocycles. The van der Waals surface area contributed by atoms with Crippen molar-refractivity contribution < 1.29 is 24.2 Å². The predicted molar refractivity (Wildman–Crippen MR) is 180 cm³/mol. The lowest BCUT2D eigenvalue weighted by molar-refractivity contribution is -0.154. The molecule has 7 atom stereocenters. The van der Waals surface area contributed by atoms with E-state index in [-0.39, 0.29) is 16.9 Å². The van der Waals surface area contributed by atoms with E-state index in [1.165, 1.54) is 22.0 Å². The molecule has 0 saturated heterocycles. The molecule has 0 radical (unpaired) electrons. The fourth-order valence-electron chi connectivity index (χ4n) is 10.1. The van der Waals surface area contributed by atoms with E-state index in [0.29, 0.717) is 29.5 Å². The summed E-state index contributed by atoms with van der Waals surface area (Å²) < 4.78 is 7.72. The van der Waals surface area contributed by atoms with Crippen LogP contribution in [0.3, 0.4) is 0 Å². The highest BCUT2D eigenvalue weighted by molar-refractivity contribution is 7.07. The van der Waals surface area contributed by atoms with Crippen LogP contribution in [0.2, 0.25) is 0 Å². The highest BCUT2D eigenvalue weighted by atomic mass is 28.4. The monoisotopic (exact) mass is 624 g/mol. The first-order chi connectivity index (χ1) is 21.7. The third-order valence-corrected chi connectivity index (χ3v) is 16.2. The number of aliphatic hydroxyl groups is 1. The van der Waals surface area contributed by atoms with Crippen molar-refractivity contribution in [3.8, 4) is 0 Å². The number of hydrogen-bond donors (Lipinski definition) is 2. The van der Waals surface area contributed by atoms with E-state index in [9.17, 15) is 9.90 Å². The van der Waals surface area contributed by atoms with E-state index in [1.54, 1.807) is 0 Å². The normalized spacial score (nSPS) is 32.3. The number of rotatable bonds is 6. The molecule has 0 amide bonds.